The van der Waals surface area contributed by atoms with Gasteiger partial charge < -0.3 is 14.5 Å². The fourth-order valence-corrected chi connectivity index (χ4v) is 5.94. The van der Waals surface area contributed by atoms with Gasteiger partial charge >= 0.3 is 6.18 Å². The van der Waals surface area contributed by atoms with Gasteiger partial charge in [-0.25, -0.2) is 0 Å². The van der Waals surface area contributed by atoms with Crippen molar-refractivity contribution in [1.82, 2.24) is 4.90 Å². The third-order valence-corrected chi connectivity index (χ3v) is 7.61. The Labute approximate surface area is 187 Å². The summed E-state index contributed by atoms with van der Waals surface area (Å²) in [5.41, 5.74) is 0.865. The number of carbonyl (C=O) groups excluding carboxylic acids is 2. The summed E-state index contributed by atoms with van der Waals surface area (Å²) in [7, 11) is 1.53. The van der Waals surface area contributed by atoms with Gasteiger partial charge in [0.1, 0.15) is 5.75 Å². The van der Waals surface area contributed by atoms with Gasteiger partial charge in [-0.1, -0.05) is 12.1 Å². The van der Waals surface area contributed by atoms with Gasteiger partial charge in [0, 0.05) is 23.8 Å². The minimum atomic E-state index is -4.47. The molecule has 2 aromatic carbocycles. The molecule has 2 fully saturated rings. The quantitative estimate of drug-likeness (QED) is 0.676. The standard InChI is InChI=1S/C23H21F3N2O3S/c1-31-17-7-8-19-18(12-17)22(28(9-10-32-22)20(29)15-5-6-15)21(30)27(19)13-14-3-2-4-16(11-14)23(24,25)26/h2-4,7-8,11-12,15H,5-6,9-10,13H2,1H3/t22-/m1/s1. The van der Waals surface area contributed by atoms with Crippen LogP contribution in [0.3, 0.4) is 0 Å². The van der Waals surface area contributed by atoms with Crippen LogP contribution in [0.1, 0.15) is 29.5 Å². The highest BCUT2D eigenvalue weighted by molar-refractivity contribution is 8.01. The Morgan fingerprint density at radius 3 is 2.69 bits per heavy atom. The average molecular weight is 462 g/mol. The molecular formula is C23H21F3N2O3S. The van der Waals surface area contributed by atoms with Crippen molar-refractivity contribution >= 4 is 29.3 Å². The molecule has 2 aromatic rings. The van der Waals surface area contributed by atoms with Crippen molar-refractivity contribution in [2.45, 2.75) is 30.4 Å². The van der Waals surface area contributed by atoms with E-state index in [0.717, 1.165) is 25.0 Å². The Kier molecular flexibility index (Phi) is 4.92. The maximum absolute atomic E-state index is 13.9. The number of alkyl halides is 3. The molecule has 3 aliphatic rings. The summed E-state index contributed by atoms with van der Waals surface area (Å²) >= 11 is 1.40. The number of fused-ring (bicyclic) bond motifs is 2. The topological polar surface area (TPSA) is 49.9 Å². The number of carbonyl (C=O) groups is 2. The second-order valence-corrected chi connectivity index (χ2v) is 9.52. The highest BCUT2D eigenvalue weighted by atomic mass is 32.2. The first kappa shape index (κ1) is 21.2. The van der Waals surface area contributed by atoms with E-state index in [4.69, 9.17) is 4.74 Å². The Bertz CT molecular complexity index is 1100. The summed E-state index contributed by atoms with van der Waals surface area (Å²) in [5.74, 6) is 0.791. The summed E-state index contributed by atoms with van der Waals surface area (Å²) in [6.45, 7) is 0.440. The number of halogens is 3. The number of benzene rings is 2. The van der Waals surface area contributed by atoms with Gasteiger partial charge in [-0.3, -0.25) is 9.59 Å². The van der Waals surface area contributed by atoms with Crippen molar-refractivity contribution in [3.05, 3.63) is 59.2 Å². The Morgan fingerprint density at radius 1 is 1.22 bits per heavy atom. The molecule has 2 heterocycles. The van der Waals surface area contributed by atoms with Crippen molar-refractivity contribution in [2.75, 3.05) is 24.3 Å². The van der Waals surface area contributed by atoms with Crippen LogP contribution >= 0.6 is 11.8 Å². The van der Waals surface area contributed by atoms with E-state index in [1.807, 2.05) is 0 Å². The summed E-state index contributed by atoms with van der Waals surface area (Å²) in [5, 5.41) is 0. The number of ether oxygens (including phenoxy) is 1. The van der Waals surface area contributed by atoms with Crippen LogP contribution in [-0.4, -0.2) is 36.1 Å². The first-order chi connectivity index (χ1) is 15.3. The van der Waals surface area contributed by atoms with E-state index in [1.165, 1.54) is 29.8 Å². The van der Waals surface area contributed by atoms with Crippen LogP contribution in [0.4, 0.5) is 18.9 Å². The molecule has 0 unspecified atom stereocenters. The molecule has 32 heavy (non-hydrogen) atoms. The summed E-state index contributed by atoms with van der Waals surface area (Å²) in [6, 6.07) is 10.2. The largest absolute Gasteiger partial charge is 0.497 e. The predicted octanol–water partition coefficient (Wildman–Crippen LogP) is 4.40. The average Bonchev–Trinajstić information content (AvgIpc) is 3.49. The SMILES string of the molecule is COc1ccc2c(c1)[C@@]1(SCCN1C(=O)C1CC1)C(=O)N2Cc1cccc(C(F)(F)F)c1. The van der Waals surface area contributed by atoms with Crippen molar-refractivity contribution in [3.63, 3.8) is 0 Å². The first-order valence-corrected chi connectivity index (χ1v) is 11.4. The zero-order chi connectivity index (χ0) is 22.7. The van der Waals surface area contributed by atoms with Gasteiger partial charge in [0.2, 0.25) is 5.91 Å². The summed E-state index contributed by atoms with van der Waals surface area (Å²) < 4.78 is 45.0. The van der Waals surface area contributed by atoms with Crippen LogP contribution in [0.2, 0.25) is 0 Å². The van der Waals surface area contributed by atoms with Crippen molar-refractivity contribution in [1.29, 1.82) is 0 Å². The number of thioether (sulfide) groups is 1. The maximum atomic E-state index is 13.9. The number of methoxy groups -OCH3 is 1. The number of hydrogen-bond acceptors (Lipinski definition) is 4. The number of nitrogens with zero attached hydrogens (tertiary/aromatic N) is 2. The molecular weight excluding hydrogens is 441 g/mol. The van der Waals surface area contributed by atoms with Crippen LogP contribution in [0.15, 0.2) is 42.5 Å². The normalized spacial score (nSPS) is 22.6. The monoisotopic (exact) mass is 462 g/mol. The molecule has 2 amide bonds. The number of hydrogen-bond donors (Lipinski definition) is 0. The van der Waals surface area contributed by atoms with Gasteiger partial charge in [-0.2, -0.15) is 13.2 Å². The zero-order valence-electron chi connectivity index (χ0n) is 17.3. The minimum Gasteiger partial charge on any atom is -0.497 e. The molecule has 0 aromatic heterocycles. The molecule has 9 heteroatoms. The Morgan fingerprint density at radius 2 is 2.00 bits per heavy atom. The number of rotatable bonds is 4. The summed E-state index contributed by atoms with van der Waals surface area (Å²) in [4.78, 5) is 28.9. The second kappa shape index (κ2) is 7.43. The molecule has 1 spiro atoms. The third-order valence-electron chi connectivity index (χ3n) is 6.19. The van der Waals surface area contributed by atoms with E-state index >= 15 is 0 Å². The minimum absolute atomic E-state index is 0.0180. The fraction of sp³-hybridized carbons (Fsp3) is 0.391. The highest BCUT2D eigenvalue weighted by Crippen LogP contribution is 2.56. The van der Waals surface area contributed by atoms with Gasteiger partial charge in [0.05, 0.1) is 24.9 Å². The molecule has 168 valence electrons. The van der Waals surface area contributed by atoms with Crippen LogP contribution in [-0.2, 0) is 27.2 Å². The fourth-order valence-electron chi connectivity index (χ4n) is 4.48. The van der Waals surface area contributed by atoms with Crippen LogP contribution in [0.5, 0.6) is 5.75 Å². The molecule has 0 bridgehead atoms. The van der Waals surface area contributed by atoms with Crippen molar-refractivity contribution in [2.24, 2.45) is 5.92 Å². The molecule has 5 rings (SSSR count). The zero-order valence-corrected chi connectivity index (χ0v) is 18.1. The highest BCUT2D eigenvalue weighted by Gasteiger charge is 2.60. The van der Waals surface area contributed by atoms with Gasteiger partial charge in [-0.15, -0.1) is 11.8 Å². The van der Waals surface area contributed by atoms with Crippen LogP contribution in [0.25, 0.3) is 0 Å². The molecule has 2 aliphatic heterocycles. The molecule has 1 atom stereocenters. The first-order valence-electron chi connectivity index (χ1n) is 10.4. The molecule has 1 saturated heterocycles. The van der Waals surface area contributed by atoms with E-state index < -0.39 is 16.6 Å². The Hall–Kier alpha value is -2.68. The third kappa shape index (κ3) is 3.25. The van der Waals surface area contributed by atoms with E-state index in [9.17, 15) is 22.8 Å². The summed E-state index contributed by atoms with van der Waals surface area (Å²) in [6.07, 6.45) is -2.82. The second-order valence-electron chi connectivity index (χ2n) is 8.23. The lowest BCUT2D eigenvalue weighted by atomic mass is 10.0. The van der Waals surface area contributed by atoms with Crippen molar-refractivity contribution in [3.8, 4) is 5.75 Å². The van der Waals surface area contributed by atoms with E-state index in [0.29, 0.717) is 34.9 Å². The maximum Gasteiger partial charge on any atom is 0.416 e. The molecule has 1 saturated carbocycles. The van der Waals surface area contributed by atoms with E-state index in [-0.39, 0.29) is 24.3 Å². The predicted molar refractivity (Wildman–Crippen MR) is 114 cm³/mol. The van der Waals surface area contributed by atoms with Crippen LogP contribution < -0.4 is 9.64 Å². The number of anilines is 1. The van der Waals surface area contributed by atoms with Crippen molar-refractivity contribution < 1.29 is 27.5 Å². The Balaban J connectivity index is 1.57. The van der Waals surface area contributed by atoms with Gasteiger partial charge in [0.25, 0.3) is 5.91 Å². The van der Waals surface area contributed by atoms with Gasteiger partial charge in [0.15, 0.2) is 4.87 Å². The molecule has 5 nitrogen and oxygen atoms in total. The number of amides is 2. The molecule has 1 aliphatic carbocycles. The smallest absolute Gasteiger partial charge is 0.416 e. The van der Waals surface area contributed by atoms with Gasteiger partial charge in [-0.05, 0) is 48.7 Å². The lowest BCUT2D eigenvalue weighted by Gasteiger charge is -2.33. The molecule has 0 radical (unpaired) electrons. The lowest BCUT2D eigenvalue weighted by molar-refractivity contribution is -0.141. The van der Waals surface area contributed by atoms with E-state index in [2.05, 4.69) is 0 Å². The molecule has 0 N–H and O–H groups in total. The lowest BCUT2D eigenvalue weighted by Crippen LogP contribution is -2.50. The van der Waals surface area contributed by atoms with E-state index in [1.54, 1.807) is 29.2 Å². The van der Waals surface area contributed by atoms with Crippen LogP contribution in [0, 0.1) is 5.92 Å².